The van der Waals surface area contributed by atoms with Crippen LogP contribution in [0.25, 0.3) is 11.1 Å². The Morgan fingerprint density at radius 1 is 0.721 bits per heavy atom. The maximum atomic E-state index is 13.8. The van der Waals surface area contributed by atoms with Crippen LogP contribution in [-0.4, -0.2) is 5.78 Å². The van der Waals surface area contributed by atoms with Gasteiger partial charge in [-0.25, -0.2) is 0 Å². The highest BCUT2D eigenvalue weighted by Gasteiger charge is 2.45. The summed E-state index contributed by atoms with van der Waals surface area (Å²) in [4.78, 5) is 18.2. The zero-order valence-electron chi connectivity index (χ0n) is 26.0. The molecule has 4 aromatic carbocycles. The fourth-order valence-electron chi connectivity index (χ4n) is 8.25. The Labute approximate surface area is 261 Å². The van der Waals surface area contributed by atoms with E-state index in [0.717, 1.165) is 37.7 Å². The number of ketones is 1. The second-order valence-electron chi connectivity index (χ2n) is 13.2. The topological polar surface area (TPSA) is 17.1 Å². The van der Waals surface area contributed by atoms with Crippen molar-refractivity contribution in [3.8, 4) is 11.1 Å². The first-order chi connectivity index (χ1) is 21.1. The van der Waals surface area contributed by atoms with Gasteiger partial charge >= 0.3 is 0 Å². The van der Waals surface area contributed by atoms with Crippen LogP contribution in [0.3, 0.4) is 0 Å². The van der Waals surface area contributed by atoms with Crippen LogP contribution in [0.1, 0.15) is 117 Å². The number of Topliss-reactive ketones (excluding diaryl/α,β-unsaturated/α-hetero) is 1. The number of fused-ring (bicyclic) bond motifs is 5. The van der Waals surface area contributed by atoms with Crippen LogP contribution in [0.4, 0.5) is 0 Å². The second-order valence-corrected chi connectivity index (χ2v) is 15.1. The average Bonchev–Trinajstić information content (AvgIpc) is 3.33. The van der Waals surface area contributed by atoms with Gasteiger partial charge in [-0.05, 0) is 84.3 Å². The molecule has 0 spiro atoms. The lowest BCUT2D eigenvalue weighted by atomic mass is 9.70. The molecule has 0 saturated heterocycles. The molecule has 0 radical (unpaired) electrons. The quantitative estimate of drug-likeness (QED) is 0.124. The summed E-state index contributed by atoms with van der Waals surface area (Å²) in [6.07, 6.45) is 13.9. The molecular formula is C41H45OS+. The lowest BCUT2D eigenvalue weighted by Crippen LogP contribution is -2.26. The predicted molar refractivity (Wildman–Crippen MR) is 180 cm³/mol. The van der Waals surface area contributed by atoms with E-state index in [1.807, 2.05) is 0 Å². The van der Waals surface area contributed by atoms with Gasteiger partial charge in [0.05, 0.1) is 10.9 Å². The van der Waals surface area contributed by atoms with E-state index < -0.39 is 0 Å². The lowest BCUT2D eigenvalue weighted by Gasteiger charge is -2.33. The summed E-state index contributed by atoms with van der Waals surface area (Å²) in [5, 5.41) is 0. The molecule has 43 heavy (non-hydrogen) atoms. The Morgan fingerprint density at radius 2 is 1.30 bits per heavy atom. The number of hydrogen-bond acceptors (Lipinski definition) is 1. The molecule has 7 rings (SSSR count). The third kappa shape index (κ3) is 5.00. The van der Waals surface area contributed by atoms with E-state index in [1.165, 1.54) is 93.0 Å². The summed E-state index contributed by atoms with van der Waals surface area (Å²) in [5.74, 6) is 0.589. The average molecular weight is 586 g/mol. The molecule has 4 aromatic rings. The van der Waals surface area contributed by atoms with E-state index >= 15 is 0 Å². The van der Waals surface area contributed by atoms with Crippen molar-refractivity contribution in [1.29, 1.82) is 0 Å². The largest absolute Gasteiger partial charge is 0.294 e. The number of unbranched alkanes of at least 4 members (excludes halogenated alkanes) is 2. The molecule has 1 saturated carbocycles. The minimum absolute atomic E-state index is 0.0340. The lowest BCUT2D eigenvalue weighted by molar-refractivity contribution is 0.0889. The minimum atomic E-state index is -0.130. The van der Waals surface area contributed by atoms with Crippen molar-refractivity contribution in [2.75, 3.05) is 0 Å². The molecule has 1 heterocycles. The third-order valence-corrected chi connectivity index (χ3v) is 12.9. The van der Waals surface area contributed by atoms with E-state index in [2.05, 4.69) is 98.8 Å². The first-order valence-electron chi connectivity index (χ1n) is 16.9. The summed E-state index contributed by atoms with van der Waals surface area (Å²) in [7, 11) is -0.130. The Hall–Kier alpha value is -3.10. The maximum Gasteiger partial charge on any atom is 0.170 e. The van der Waals surface area contributed by atoms with E-state index in [4.69, 9.17) is 0 Å². The molecule has 2 aliphatic carbocycles. The molecular weight excluding hydrogens is 541 g/mol. The van der Waals surface area contributed by atoms with Gasteiger partial charge in [-0.15, -0.1) is 0 Å². The van der Waals surface area contributed by atoms with Crippen LogP contribution < -0.4 is 0 Å². The molecule has 3 aliphatic rings. The highest BCUT2D eigenvalue weighted by molar-refractivity contribution is 7.97. The normalized spacial score (nSPS) is 17.2. The van der Waals surface area contributed by atoms with Crippen LogP contribution >= 0.6 is 0 Å². The summed E-state index contributed by atoms with van der Waals surface area (Å²) < 4.78 is 0. The van der Waals surface area contributed by atoms with Crippen molar-refractivity contribution >= 4 is 16.7 Å². The summed E-state index contributed by atoms with van der Waals surface area (Å²) in [6.45, 7) is 4.64. The Morgan fingerprint density at radius 3 is 1.93 bits per heavy atom. The number of benzene rings is 4. The van der Waals surface area contributed by atoms with Crippen molar-refractivity contribution in [3.05, 3.63) is 113 Å². The fourth-order valence-corrected chi connectivity index (χ4v) is 10.7. The first-order valence-corrected chi connectivity index (χ1v) is 18.1. The number of rotatable bonds is 9. The molecule has 1 nitrogen and oxygen atoms in total. The van der Waals surface area contributed by atoms with Crippen molar-refractivity contribution in [3.63, 3.8) is 0 Å². The van der Waals surface area contributed by atoms with Crippen molar-refractivity contribution in [1.82, 2.24) is 0 Å². The molecule has 0 N–H and O–H groups in total. The van der Waals surface area contributed by atoms with Gasteiger partial charge in [0.2, 0.25) is 0 Å². The monoisotopic (exact) mass is 585 g/mol. The van der Waals surface area contributed by atoms with Crippen LogP contribution in [0.2, 0.25) is 0 Å². The van der Waals surface area contributed by atoms with Crippen LogP contribution in [0.15, 0.2) is 99.6 Å². The van der Waals surface area contributed by atoms with Crippen molar-refractivity contribution < 1.29 is 4.79 Å². The summed E-state index contributed by atoms with van der Waals surface area (Å²) >= 11 is 0. The molecule has 0 aromatic heterocycles. The van der Waals surface area contributed by atoms with Gasteiger partial charge in [0.25, 0.3) is 0 Å². The van der Waals surface area contributed by atoms with Gasteiger partial charge in [0, 0.05) is 34.4 Å². The molecule has 0 bridgehead atoms. The predicted octanol–water partition coefficient (Wildman–Crippen LogP) is 11.1. The number of carbonyl (C=O) groups excluding carboxylic acids is 1. The third-order valence-electron chi connectivity index (χ3n) is 10.5. The molecule has 2 heteroatoms. The minimum Gasteiger partial charge on any atom is -0.294 e. The van der Waals surface area contributed by atoms with E-state index in [1.54, 1.807) is 0 Å². The molecule has 1 fully saturated rings. The molecule has 0 atom stereocenters. The Kier molecular flexibility index (Phi) is 8.08. The Bertz CT molecular complexity index is 1590. The zero-order valence-corrected chi connectivity index (χ0v) is 26.8. The Balaban J connectivity index is 1.38. The van der Waals surface area contributed by atoms with Gasteiger partial charge in [0.15, 0.2) is 20.5 Å². The van der Waals surface area contributed by atoms with E-state index in [0.29, 0.717) is 5.78 Å². The molecule has 1 aliphatic heterocycles. The van der Waals surface area contributed by atoms with Crippen LogP contribution in [0.5, 0.6) is 0 Å². The van der Waals surface area contributed by atoms with Crippen LogP contribution in [-0.2, 0) is 22.7 Å². The maximum absolute atomic E-state index is 13.8. The smallest absolute Gasteiger partial charge is 0.170 e. The van der Waals surface area contributed by atoms with Gasteiger partial charge in [-0.2, -0.15) is 0 Å². The van der Waals surface area contributed by atoms with Gasteiger partial charge < -0.3 is 0 Å². The first kappa shape index (κ1) is 28.7. The second kappa shape index (κ2) is 12.1. The van der Waals surface area contributed by atoms with Gasteiger partial charge in [-0.3, -0.25) is 4.79 Å². The zero-order chi connectivity index (χ0) is 29.4. The standard InChI is InChI=1S/C41H45OS/c1-3-5-24-41(25-6-4-2)36-27-32(40(42)29-14-8-7-9-15-29)20-22-34(36)35-23-21-33(28-37(35)41)43-38-18-12-10-16-30(38)26-31-17-11-13-19-39(31)43/h10-13,16-23,27-29H,3-9,14-15,24-26H2,1-2H3/q+1. The van der Waals surface area contributed by atoms with Gasteiger partial charge in [0.1, 0.15) is 0 Å². The number of hydrogen-bond donors (Lipinski definition) is 0. The van der Waals surface area contributed by atoms with E-state index in [9.17, 15) is 4.79 Å². The number of carbonyl (C=O) groups is 1. The molecule has 0 amide bonds. The van der Waals surface area contributed by atoms with Crippen LogP contribution in [0, 0.1) is 5.92 Å². The molecule has 0 unspecified atom stereocenters. The van der Waals surface area contributed by atoms with Gasteiger partial charge in [-0.1, -0.05) is 107 Å². The van der Waals surface area contributed by atoms with Crippen molar-refractivity contribution in [2.24, 2.45) is 5.92 Å². The van der Waals surface area contributed by atoms with Crippen molar-refractivity contribution in [2.45, 2.75) is 111 Å². The highest BCUT2D eigenvalue weighted by Crippen LogP contribution is 2.55. The SMILES string of the molecule is CCCCC1(CCCC)c2cc(C(=O)C3CCCCC3)ccc2-c2ccc([S+]3c4ccccc4Cc4ccccc43)cc21. The molecule has 220 valence electrons. The highest BCUT2D eigenvalue weighted by atomic mass is 32.2. The fraction of sp³-hybridized carbons (Fsp3) is 0.390. The van der Waals surface area contributed by atoms with E-state index in [-0.39, 0.29) is 22.2 Å². The summed E-state index contributed by atoms with van der Waals surface area (Å²) in [6, 6.07) is 32.5. The summed E-state index contributed by atoms with van der Waals surface area (Å²) in [5.41, 5.74) is 9.53.